The molecule has 1 aromatic carbocycles. The normalized spacial score (nSPS) is 21.0. The molecule has 1 N–H and O–H groups in total. The van der Waals surface area contributed by atoms with Crippen LogP contribution in [0, 0.1) is 0 Å². The average Bonchev–Trinajstić information content (AvgIpc) is 3.07. The van der Waals surface area contributed by atoms with Crippen LogP contribution in [0.15, 0.2) is 18.2 Å². The first-order valence-electron chi connectivity index (χ1n) is 8.39. The van der Waals surface area contributed by atoms with Gasteiger partial charge in [0.15, 0.2) is 0 Å². The van der Waals surface area contributed by atoms with Crippen molar-refractivity contribution in [3.8, 4) is 5.75 Å². The van der Waals surface area contributed by atoms with E-state index >= 15 is 0 Å². The lowest BCUT2D eigenvalue weighted by molar-refractivity contribution is 0.0481. The number of methoxy groups -OCH3 is 1. The second-order valence-electron chi connectivity index (χ2n) is 6.60. The van der Waals surface area contributed by atoms with Crippen molar-refractivity contribution in [2.75, 3.05) is 26.9 Å². The molecule has 1 aliphatic heterocycles. The predicted octanol–water partition coefficient (Wildman–Crippen LogP) is 4.35. The SMILES string of the molecule is COc1ccc(Cl)cc1C1(CNC2CCCC2)CCOCC1.Cl. The molecule has 23 heavy (non-hydrogen) atoms. The Labute approximate surface area is 150 Å². The van der Waals surface area contributed by atoms with Gasteiger partial charge in [-0.1, -0.05) is 24.4 Å². The van der Waals surface area contributed by atoms with E-state index < -0.39 is 0 Å². The Morgan fingerprint density at radius 3 is 2.61 bits per heavy atom. The van der Waals surface area contributed by atoms with E-state index in [1.165, 1.54) is 31.2 Å². The molecule has 3 rings (SSSR count). The number of hydrogen-bond acceptors (Lipinski definition) is 3. The number of rotatable bonds is 5. The molecule has 2 aliphatic rings. The van der Waals surface area contributed by atoms with Crippen LogP contribution in [0.1, 0.15) is 44.1 Å². The third kappa shape index (κ3) is 4.33. The van der Waals surface area contributed by atoms with Gasteiger partial charge in [0, 0.05) is 41.8 Å². The highest BCUT2D eigenvalue weighted by Crippen LogP contribution is 2.41. The first-order valence-corrected chi connectivity index (χ1v) is 8.76. The monoisotopic (exact) mass is 359 g/mol. The third-order valence-electron chi connectivity index (χ3n) is 5.27. The smallest absolute Gasteiger partial charge is 0.122 e. The summed E-state index contributed by atoms with van der Waals surface area (Å²) in [6, 6.07) is 6.65. The van der Waals surface area contributed by atoms with Gasteiger partial charge in [0.05, 0.1) is 7.11 Å². The lowest BCUT2D eigenvalue weighted by Gasteiger charge is -2.39. The minimum absolute atomic E-state index is 0. The molecule has 0 amide bonds. The molecule has 0 radical (unpaired) electrons. The lowest BCUT2D eigenvalue weighted by Crippen LogP contribution is -2.45. The summed E-state index contributed by atoms with van der Waals surface area (Å²) in [7, 11) is 1.74. The van der Waals surface area contributed by atoms with Gasteiger partial charge in [0.1, 0.15) is 5.75 Å². The largest absolute Gasteiger partial charge is 0.496 e. The summed E-state index contributed by atoms with van der Waals surface area (Å²) in [6.07, 6.45) is 7.36. The summed E-state index contributed by atoms with van der Waals surface area (Å²) < 4.78 is 11.2. The fourth-order valence-corrected chi connectivity index (χ4v) is 4.04. The van der Waals surface area contributed by atoms with Gasteiger partial charge in [-0.05, 0) is 43.9 Å². The molecule has 3 nitrogen and oxygen atoms in total. The molecule has 1 aliphatic carbocycles. The quantitative estimate of drug-likeness (QED) is 0.847. The van der Waals surface area contributed by atoms with E-state index in [-0.39, 0.29) is 17.8 Å². The Morgan fingerprint density at radius 2 is 1.96 bits per heavy atom. The van der Waals surface area contributed by atoms with Crippen molar-refractivity contribution < 1.29 is 9.47 Å². The number of nitrogens with one attached hydrogen (secondary N) is 1. The number of benzene rings is 1. The van der Waals surface area contributed by atoms with Crippen LogP contribution < -0.4 is 10.1 Å². The van der Waals surface area contributed by atoms with Crippen molar-refractivity contribution in [2.24, 2.45) is 0 Å². The van der Waals surface area contributed by atoms with Gasteiger partial charge < -0.3 is 14.8 Å². The van der Waals surface area contributed by atoms with Gasteiger partial charge in [-0.3, -0.25) is 0 Å². The standard InChI is InChI=1S/C18H26ClNO2.ClH/c1-21-17-7-6-14(19)12-16(17)18(8-10-22-11-9-18)13-20-15-4-2-3-5-15;/h6-7,12,15,20H,2-5,8-11,13H2,1H3;1H. The number of ether oxygens (including phenoxy) is 2. The lowest BCUT2D eigenvalue weighted by atomic mass is 9.73. The zero-order valence-corrected chi connectivity index (χ0v) is 15.3. The van der Waals surface area contributed by atoms with E-state index in [0.29, 0.717) is 6.04 Å². The summed E-state index contributed by atoms with van der Waals surface area (Å²) in [5.74, 6) is 0.944. The van der Waals surface area contributed by atoms with Crippen LogP contribution in [-0.2, 0) is 10.2 Å². The molecule has 0 aromatic heterocycles. The van der Waals surface area contributed by atoms with Gasteiger partial charge in [0.25, 0.3) is 0 Å². The molecule has 2 fully saturated rings. The second-order valence-corrected chi connectivity index (χ2v) is 7.04. The predicted molar refractivity (Wildman–Crippen MR) is 97.2 cm³/mol. The zero-order valence-electron chi connectivity index (χ0n) is 13.8. The van der Waals surface area contributed by atoms with Gasteiger partial charge in [0.2, 0.25) is 0 Å². The second kappa shape index (κ2) is 8.57. The van der Waals surface area contributed by atoms with Gasteiger partial charge in [-0.15, -0.1) is 12.4 Å². The highest BCUT2D eigenvalue weighted by atomic mass is 35.5. The van der Waals surface area contributed by atoms with Crippen LogP contribution in [0.3, 0.4) is 0 Å². The minimum atomic E-state index is 0. The van der Waals surface area contributed by atoms with Crippen molar-refractivity contribution in [1.82, 2.24) is 5.32 Å². The third-order valence-corrected chi connectivity index (χ3v) is 5.50. The summed E-state index contributed by atoms with van der Waals surface area (Å²) >= 11 is 6.28. The van der Waals surface area contributed by atoms with Crippen molar-refractivity contribution in [3.63, 3.8) is 0 Å². The van der Waals surface area contributed by atoms with E-state index in [1.54, 1.807) is 7.11 Å². The molecule has 1 heterocycles. The molecular formula is C18H27Cl2NO2. The van der Waals surface area contributed by atoms with E-state index in [1.807, 2.05) is 12.1 Å². The maximum Gasteiger partial charge on any atom is 0.122 e. The fourth-order valence-electron chi connectivity index (χ4n) is 3.87. The van der Waals surface area contributed by atoms with Crippen molar-refractivity contribution in [2.45, 2.75) is 50.0 Å². The Bertz CT molecular complexity index is 498. The zero-order chi connectivity index (χ0) is 15.4. The van der Waals surface area contributed by atoms with E-state index in [0.717, 1.165) is 43.4 Å². The summed E-state index contributed by atoms with van der Waals surface area (Å²) in [4.78, 5) is 0. The van der Waals surface area contributed by atoms with E-state index in [4.69, 9.17) is 21.1 Å². The Kier molecular flexibility index (Phi) is 7.02. The van der Waals surface area contributed by atoms with Crippen LogP contribution in [0.4, 0.5) is 0 Å². The van der Waals surface area contributed by atoms with Gasteiger partial charge in [-0.2, -0.15) is 0 Å². The molecule has 1 saturated carbocycles. The summed E-state index contributed by atoms with van der Waals surface area (Å²) in [6.45, 7) is 2.60. The van der Waals surface area contributed by atoms with Gasteiger partial charge in [-0.25, -0.2) is 0 Å². The van der Waals surface area contributed by atoms with Crippen molar-refractivity contribution in [1.29, 1.82) is 0 Å². The Hall–Kier alpha value is -0.480. The highest BCUT2D eigenvalue weighted by molar-refractivity contribution is 6.30. The number of halogens is 2. The topological polar surface area (TPSA) is 30.5 Å². The maximum atomic E-state index is 6.28. The van der Waals surface area contributed by atoms with Crippen molar-refractivity contribution in [3.05, 3.63) is 28.8 Å². The maximum absolute atomic E-state index is 6.28. The van der Waals surface area contributed by atoms with E-state index in [2.05, 4.69) is 11.4 Å². The van der Waals surface area contributed by atoms with E-state index in [9.17, 15) is 0 Å². The summed E-state index contributed by atoms with van der Waals surface area (Å²) in [5, 5.41) is 4.59. The Balaban J connectivity index is 0.00000192. The molecule has 5 heteroatoms. The molecule has 0 atom stereocenters. The van der Waals surface area contributed by atoms with Crippen LogP contribution in [0.25, 0.3) is 0 Å². The van der Waals surface area contributed by atoms with Crippen molar-refractivity contribution >= 4 is 24.0 Å². The molecule has 0 spiro atoms. The van der Waals surface area contributed by atoms with Gasteiger partial charge >= 0.3 is 0 Å². The minimum Gasteiger partial charge on any atom is -0.496 e. The first-order chi connectivity index (χ1) is 10.7. The molecule has 1 aromatic rings. The molecule has 0 bridgehead atoms. The molecular weight excluding hydrogens is 333 g/mol. The van der Waals surface area contributed by atoms with Crippen LogP contribution >= 0.6 is 24.0 Å². The van der Waals surface area contributed by atoms with Crippen LogP contribution in [-0.4, -0.2) is 32.9 Å². The molecule has 1 saturated heterocycles. The Morgan fingerprint density at radius 1 is 1.26 bits per heavy atom. The fraction of sp³-hybridized carbons (Fsp3) is 0.667. The first kappa shape index (κ1) is 18.9. The summed E-state index contributed by atoms with van der Waals surface area (Å²) in [5.41, 5.74) is 1.30. The van der Waals surface area contributed by atoms with Crippen LogP contribution in [0.5, 0.6) is 5.75 Å². The molecule has 0 unspecified atom stereocenters. The van der Waals surface area contributed by atoms with Crippen LogP contribution in [0.2, 0.25) is 5.02 Å². The average molecular weight is 360 g/mol. The number of hydrogen-bond donors (Lipinski definition) is 1. The highest BCUT2D eigenvalue weighted by Gasteiger charge is 2.37. The molecule has 130 valence electrons.